The van der Waals surface area contributed by atoms with Gasteiger partial charge in [0.1, 0.15) is 9.75 Å². The molecule has 0 N–H and O–H groups in total. The smallest absolute Gasteiger partial charge is 0.338 e. The minimum atomic E-state index is -1.35. The van der Waals surface area contributed by atoms with Gasteiger partial charge in [-0.25, -0.2) is 9.69 Å². The Hall–Kier alpha value is -4.86. The van der Waals surface area contributed by atoms with Crippen molar-refractivity contribution in [2.45, 2.75) is 9.75 Å². The van der Waals surface area contributed by atoms with Gasteiger partial charge in [0.25, 0.3) is 5.69 Å². The number of carbonyl (C=O) groups excluding carboxylic acids is 4. The van der Waals surface area contributed by atoms with E-state index in [2.05, 4.69) is 0 Å². The second-order valence-corrected chi connectivity index (χ2v) is 12.0. The summed E-state index contributed by atoms with van der Waals surface area (Å²) >= 11 is 14.9. The van der Waals surface area contributed by atoms with E-state index in [0.29, 0.717) is 22.3 Å². The second kappa shape index (κ2) is 9.83. The third-order valence-corrected chi connectivity index (χ3v) is 9.92. The number of Topliss-reactive ketones (excluding diaryl/α,β-unsaturated/α-hetero) is 1. The van der Waals surface area contributed by atoms with Gasteiger partial charge in [-0.1, -0.05) is 66.7 Å². The fourth-order valence-corrected chi connectivity index (χ4v) is 7.88. The van der Waals surface area contributed by atoms with Crippen LogP contribution in [0.5, 0.6) is 0 Å². The first-order valence-electron chi connectivity index (χ1n) is 13.6. The minimum absolute atomic E-state index is 0.0123. The lowest BCUT2D eigenvalue weighted by Crippen LogP contribution is -2.57. The molecule has 0 spiro atoms. The van der Waals surface area contributed by atoms with Crippen molar-refractivity contribution < 1.29 is 28.8 Å². The van der Waals surface area contributed by atoms with E-state index in [9.17, 15) is 29.3 Å². The number of nitro groups is 1. The van der Waals surface area contributed by atoms with E-state index in [-0.39, 0.29) is 22.5 Å². The molecule has 2 atom stereocenters. The fraction of sp³-hybridized carbons (Fsp3) is 0.152. The van der Waals surface area contributed by atoms with Crippen molar-refractivity contribution in [1.82, 2.24) is 0 Å². The number of amides is 2. The van der Waals surface area contributed by atoms with Crippen molar-refractivity contribution in [2.24, 2.45) is 11.8 Å². The Bertz CT molecular complexity index is 1840. The third-order valence-electron chi connectivity index (χ3n) is 8.64. The van der Waals surface area contributed by atoms with Gasteiger partial charge in [-0.05, 0) is 40.5 Å². The third kappa shape index (κ3) is 3.72. The number of alkyl halides is 2. The van der Waals surface area contributed by atoms with E-state index in [1.807, 2.05) is 48.5 Å². The Morgan fingerprint density at radius 3 is 1.77 bits per heavy atom. The van der Waals surface area contributed by atoms with Gasteiger partial charge < -0.3 is 4.74 Å². The number of nitro benzene ring substituents is 1. The van der Waals surface area contributed by atoms with Crippen LogP contribution in [0.15, 0.2) is 97.1 Å². The zero-order valence-corrected chi connectivity index (χ0v) is 24.1. The van der Waals surface area contributed by atoms with E-state index >= 15 is 0 Å². The zero-order valence-electron chi connectivity index (χ0n) is 22.6. The molecule has 0 saturated carbocycles. The average Bonchev–Trinajstić information content (AvgIpc) is 3.33. The summed E-state index contributed by atoms with van der Waals surface area (Å²) in [6.45, 7) is -0.671. The summed E-state index contributed by atoms with van der Waals surface area (Å²) in [6, 6.07) is 25.4. The molecule has 2 amide bonds. The second-order valence-electron chi connectivity index (χ2n) is 10.8. The van der Waals surface area contributed by atoms with Gasteiger partial charge in [0.05, 0.1) is 28.0 Å². The van der Waals surface area contributed by atoms with Gasteiger partial charge in [0, 0.05) is 17.7 Å². The number of rotatable bonds is 6. The SMILES string of the molecule is O=C(COC(=O)c1cccc(N2C(=O)[C@@H]3[C@H](C2=O)C2(Cl)c4ccccc4C3(Cl)c3ccccc32)c1)c1cccc([N+](=O)[O-])c1. The number of carbonyl (C=O) groups is 4. The van der Waals surface area contributed by atoms with Gasteiger partial charge >= 0.3 is 5.97 Å². The van der Waals surface area contributed by atoms with Crippen molar-refractivity contribution >= 4 is 58.1 Å². The van der Waals surface area contributed by atoms with Crippen molar-refractivity contribution in [3.63, 3.8) is 0 Å². The predicted octanol–water partition coefficient (Wildman–Crippen LogP) is 5.73. The maximum atomic E-state index is 14.2. The maximum Gasteiger partial charge on any atom is 0.338 e. The number of esters is 1. The molecule has 0 aromatic heterocycles. The van der Waals surface area contributed by atoms with Crippen LogP contribution in [-0.2, 0) is 24.1 Å². The number of anilines is 1. The monoisotopic (exact) mass is 626 g/mol. The van der Waals surface area contributed by atoms with Gasteiger partial charge in [0.15, 0.2) is 6.61 Å². The summed E-state index contributed by atoms with van der Waals surface area (Å²) in [4.78, 5) is 62.6. The molecule has 1 aliphatic heterocycles. The Morgan fingerprint density at radius 1 is 0.750 bits per heavy atom. The largest absolute Gasteiger partial charge is 0.454 e. The lowest BCUT2D eigenvalue weighted by atomic mass is 9.54. The van der Waals surface area contributed by atoms with Crippen LogP contribution in [0.3, 0.4) is 0 Å². The number of non-ortho nitro benzene ring substituents is 1. The summed E-state index contributed by atoms with van der Waals surface area (Å²) in [5.41, 5.74) is 2.54. The first-order valence-corrected chi connectivity index (χ1v) is 14.3. The van der Waals surface area contributed by atoms with Crippen molar-refractivity contribution in [3.8, 4) is 0 Å². The molecule has 0 unspecified atom stereocenters. The van der Waals surface area contributed by atoms with E-state index in [4.69, 9.17) is 27.9 Å². The summed E-state index contributed by atoms with van der Waals surface area (Å²) in [5.74, 6) is -4.64. The molecule has 11 heteroatoms. The number of ketones is 1. The molecule has 0 radical (unpaired) electrons. The quantitative estimate of drug-likeness (QED) is 0.0668. The lowest BCUT2D eigenvalue weighted by molar-refractivity contribution is -0.384. The molecule has 8 rings (SSSR count). The molecule has 1 heterocycles. The highest BCUT2D eigenvalue weighted by Crippen LogP contribution is 2.69. The van der Waals surface area contributed by atoms with Crippen molar-refractivity contribution in [2.75, 3.05) is 11.5 Å². The molecule has 3 aliphatic carbocycles. The van der Waals surface area contributed by atoms with Crippen LogP contribution in [-0.4, -0.2) is 35.1 Å². The summed E-state index contributed by atoms with van der Waals surface area (Å²) in [5, 5.41) is 11.0. The Labute approximate surface area is 260 Å². The number of halogens is 2. The van der Waals surface area contributed by atoms with E-state index < -0.39 is 56.7 Å². The number of nitrogens with zero attached hydrogens (tertiary/aromatic N) is 2. The first-order chi connectivity index (χ1) is 21.1. The Kier molecular flexibility index (Phi) is 6.25. The van der Waals surface area contributed by atoms with Crippen LogP contribution in [0.25, 0.3) is 0 Å². The van der Waals surface area contributed by atoms with Crippen molar-refractivity contribution in [3.05, 3.63) is 141 Å². The maximum absolute atomic E-state index is 14.2. The molecular weight excluding hydrogens is 607 g/mol. The van der Waals surface area contributed by atoms with E-state index in [1.165, 1.54) is 42.5 Å². The highest BCUT2D eigenvalue weighted by atomic mass is 35.5. The van der Waals surface area contributed by atoms with Gasteiger partial charge in [0.2, 0.25) is 17.6 Å². The molecule has 4 aromatic rings. The highest BCUT2D eigenvalue weighted by molar-refractivity contribution is 6.38. The zero-order chi connectivity index (χ0) is 31.0. The highest BCUT2D eigenvalue weighted by Gasteiger charge is 2.73. The predicted molar refractivity (Wildman–Crippen MR) is 160 cm³/mol. The van der Waals surface area contributed by atoms with Gasteiger partial charge in [-0.3, -0.25) is 24.5 Å². The van der Waals surface area contributed by atoms with Gasteiger partial charge in [-0.2, -0.15) is 0 Å². The molecular formula is C33H20Cl2N2O7. The number of imide groups is 1. The normalized spacial score (nSPS) is 24.4. The summed E-state index contributed by atoms with van der Waals surface area (Å²) in [7, 11) is 0. The number of hydrogen-bond donors (Lipinski definition) is 0. The number of ether oxygens (including phenoxy) is 1. The van der Waals surface area contributed by atoms with Crippen LogP contribution in [0.2, 0.25) is 0 Å². The average molecular weight is 627 g/mol. The van der Waals surface area contributed by atoms with Crippen LogP contribution in [0.4, 0.5) is 11.4 Å². The van der Waals surface area contributed by atoms with Gasteiger partial charge in [-0.15, -0.1) is 23.2 Å². The molecule has 4 aliphatic rings. The van der Waals surface area contributed by atoms with Crippen LogP contribution >= 0.6 is 23.2 Å². The molecule has 2 bridgehead atoms. The van der Waals surface area contributed by atoms with E-state index in [0.717, 1.165) is 11.0 Å². The first kappa shape index (κ1) is 27.9. The number of benzene rings is 4. The summed E-state index contributed by atoms with van der Waals surface area (Å²) in [6.07, 6.45) is 0. The minimum Gasteiger partial charge on any atom is -0.454 e. The number of hydrogen-bond acceptors (Lipinski definition) is 7. The summed E-state index contributed by atoms with van der Waals surface area (Å²) < 4.78 is 5.18. The standard InChI is InChI=1S/C33H20Cl2N2O7/c34-32-22-11-1-2-12-23(22)33(35,25-14-4-3-13-24(25)32)28-27(32)29(39)36(30(28)40)20-9-6-8-19(16-20)31(41)44-17-26(38)18-7-5-10-21(15-18)37(42)43/h1-16,27-28H,17H2/t27-,28+,32?,33?. The topological polar surface area (TPSA) is 124 Å². The Balaban J connectivity index is 1.20. The van der Waals surface area contributed by atoms with Crippen LogP contribution < -0.4 is 4.90 Å². The lowest BCUT2D eigenvalue weighted by Gasteiger charge is -2.54. The van der Waals surface area contributed by atoms with E-state index in [1.54, 1.807) is 0 Å². The van der Waals surface area contributed by atoms with Crippen LogP contribution in [0, 0.1) is 22.0 Å². The molecule has 9 nitrogen and oxygen atoms in total. The van der Waals surface area contributed by atoms with Crippen LogP contribution in [0.1, 0.15) is 43.0 Å². The Morgan fingerprint density at radius 2 is 1.25 bits per heavy atom. The molecule has 1 fully saturated rings. The molecule has 4 aromatic carbocycles. The molecule has 1 saturated heterocycles. The molecule has 218 valence electrons. The fourth-order valence-electron chi connectivity index (χ4n) is 6.78. The molecule has 44 heavy (non-hydrogen) atoms. The van der Waals surface area contributed by atoms with Crippen molar-refractivity contribution in [1.29, 1.82) is 0 Å².